The fraction of sp³-hybridized carbons (Fsp3) is 0.471. The lowest BCUT2D eigenvalue weighted by Crippen LogP contribution is -2.48. The third-order valence-corrected chi connectivity index (χ3v) is 3.58. The molecular weight excluding hydrogens is 385 g/mol. The number of carbonyl (C=O) groups excluding carboxylic acids is 3. The van der Waals surface area contributed by atoms with Gasteiger partial charge in [-0.05, 0) is 38.5 Å². The van der Waals surface area contributed by atoms with Gasteiger partial charge < -0.3 is 19.5 Å². The molecule has 7 nitrogen and oxygen atoms in total. The summed E-state index contributed by atoms with van der Waals surface area (Å²) in [4.78, 5) is 35.5. The van der Waals surface area contributed by atoms with E-state index in [4.69, 9.17) is 37.4 Å². The van der Waals surface area contributed by atoms with Crippen molar-refractivity contribution >= 4 is 41.0 Å². The van der Waals surface area contributed by atoms with E-state index in [0.717, 1.165) is 0 Å². The molecule has 0 aliphatic carbocycles. The Morgan fingerprint density at radius 1 is 1.08 bits per heavy atom. The minimum absolute atomic E-state index is 0.0422. The summed E-state index contributed by atoms with van der Waals surface area (Å²) in [6.07, 6.45) is 0.393. The van der Waals surface area contributed by atoms with Crippen molar-refractivity contribution in [2.75, 3.05) is 19.8 Å². The van der Waals surface area contributed by atoms with Crippen LogP contribution in [0.15, 0.2) is 18.2 Å². The molecule has 9 heteroatoms. The van der Waals surface area contributed by atoms with Crippen LogP contribution in [0.1, 0.15) is 26.7 Å². The van der Waals surface area contributed by atoms with Crippen LogP contribution in [0.4, 0.5) is 0 Å². The van der Waals surface area contributed by atoms with Crippen LogP contribution in [-0.4, -0.2) is 43.7 Å². The van der Waals surface area contributed by atoms with Crippen LogP contribution < -0.4 is 10.1 Å². The van der Waals surface area contributed by atoms with Crippen LogP contribution in [0.3, 0.4) is 0 Å². The average molecular weight is 406 g/mol. The van der Waals surface area contributed by atoms with Crippen LogP contribution in [0, 0.1) is 0 Å². The van der Waals surface area contributed by atoms with Crippen molar-refractivity contribution in [1.29, 1.82) is 0 Å². The van der Waals surface area contributed by atoms with Gasteiger partial charge in [0.15, 0.2) is 0 Å². The Morgan fingerprint density at radius 3 is 2.23 bits per heavy atom. The first-order valence-corrected chi connectivity index (χ1v) is 8.85. The molecule has 0 heterocycles. The molecule has 1 rings (SSSR count). The van der Waals surface area contributed by atoms with E-state index in [0.29, 0.717) is 22.2 Å². The van der Waals surface area contributed by atoms with Gasteiger partial charge in [-0.1, -0.05) is 23.2 Å². The number of amides is 1. The van der Waals surface area contributed by atoms with E-state index in [9.17, 15) is 14.4 Å². The summed E-state index contributed by atoms with van der Waals surface area (Å²) in [7, 11) is 0. The third-order valence-electron chi connectivity index (χ3n) is 3.05. The maximum absolute atomic E-state index is 12.0. The lowest BCUT2D eigenvalue weighted by Gasteiger charge is -2.16. The third kappa shape index (κ3) is 7.49. The number of hydrogen-bond donors (Lipinski definition) is 1. The normalized spacial score (nSPS) is 10.3. The minimum Gasteiger partial charge on any atom is -0.492 e. The molecule has 0 saturated heterocycles. The fourth-order valence-electron chi connectivity index (χ4n) is 1.91. The molecule has 0 atom stereocenters. The number of benzene rings is 1. The molecule has 26 heavy (non-hydrogen) atoms. The van der Waals surface area contributed by atoms with E-state index >= 15 is 0 Å². The maximum atomic E-state index is 12.0. The van der Waals surface area contributed by atoms with Gasteiger partial charge in [0.1, 0.15) is 5.75 Å². The SMILES string of the molecule is CCOC(=O)C(NC(=O)CCCOc1ccc(Cl)cc1Cl)C(=O)OCC. The predicted molar refractivity (Wildman–Crippen MR) is 96.4 cm³/mol. The fourth-order valence-corrected chi connectivity index (χ4v) is 2.37. The van der Waals surface area contributed by atoms with Crippen LogP contribution in [0.25, 0.3) is 0 Å². The van der Waals surface area contributed by atoms with Crippen molar-refractivity contribution in [3.05, 3.63) is 28.2 Å². The molecule has 0 radical (unpaired) electrons. The molecule has 0 spiro atoms. The predicted octanol–water partition coefficient (Wildman–Crippen LogP) is 2.76. The van der Waals surface area contributed by atoms with Gasteiger partial charge >= 0.3 is 11.9 Å². The highest BCUT2D eigenvalue weighted by Crippen LogP contribution is 2.27. The summed E-state index contributed by atoms with van der Waals surface area (Å²) in [6, 6.07) is 3.34. The largest absolute Gasteiger partial charge is 0.492 e. The zero-order valence-corrected chi connectivity index (χ0v) is 16.1. The number of carbonyl (C=O) groups is 3. The summed E-state index contributed by atoms with van der Waals surface area (Å²) in [6.45, 7) is 3.58. The number of esters is 2. The van der Waals surface area contributed by atoms with Crippen molar-refractivity contribution in [2.24, 2.45) is 0 Å². The molecule has 0 saturated carbocycles. The molecule has 1 aromatic rings. The van der Waals surface area contributed by atoms with Crippen molar-refractivity contribution in [3.8, 4) is 5.75 Å². The van der Waals surface area contributed by atoms with Gasteiger partial charge in [-0.2, -0.15) is 0 Å². The average Bonchev–Trinajstić information content (AvgIpc) is 2.58. The van der Waals surface area contributed by atoms with Gasteiger partial charge in [-0.3, -0.25) is 4.79 Å². The maximum Gasteiger partial charge on any atom is 0.340 e. The Hall–Kier alpha value is -1.99. The first kappa shape index (κ1) is 22.1. The van der Waals surface area contributed by atoms with Crippen molar-refractivity contribution < 1.29 is 28.6 Å². The van der Waals surface area contributed by atoms with E-state index in [2.05, 4.69) is 5.32 Å². The summed E-state index contributed by atoms with van der Waals surface area (Å²) in [5, 5.41) is 3.18. The summed E-state index contributed by atoms with van der Waals surface area (Å²) >= 11 is 11.8. The Morgan fingerprint density at radius 2 is 1.69 bits per heavy atom. The second-order valence-electron chi connectivity index (χ2n) is 5.03. The number of nitrogens with one attached hydrogen (secondary N) is 1. The first-order chi connectivity index (χ1) is 12.4. The molecule has 1 aromatic carbocycles. The highest BCUT2D eigenvalue weighted by molar-refractivity contribution is 6.35. The topological polar surface area (TPSA) is 90.9 Å². The lowest BCUT2D eigenvalue weighted by atomic mass is 10.2. The number of hydrogen-bond acceptors (Lipinski definition) is 6. The zero-order chi connectivity index (χ0) is 19.5. The van der Waals surface area contributed by atoms with E-state index in [-0.39, 0.29) is 26.2 Å². The second kappa shape index (κ2) is 11.6. The summed E-state index contributed by atoms with van der Waals surface area (Å²) < 4.78 is 15.0. The van der Waals surface area contributed by atoms with Gasteiger partial charge in [-0.25, -0.2) is 9.59 Å². The number of halogens is 2. The molecule has 0 unspecified atom stereocenters. The molecule has 0 fully saturated rings. The van der Waals surface area contributed by atoms with E-state index in [1.807, 2.05) is 0 Å². The molecule has 1 N–H and O–H groups in total. The van der Waals surface area contributed by atoms with Gasteiger partial charge in [0.25, 0.3) is 0 Å². The second-order valence-corrected chi connectivity index (χ2v) is 5.88. The molecule has 0 aromatic heterocycles. The van der Waals surface area contributed by atoms with Crippen LogP contribution >= 0.6 is 23.2 Å². The number of ether oxygens (including phenoxy) is 3. The highest BCUT2D eigenvalue weighted by atomic mass is 35.5. The standard InChI is InChI=1S/C17H21Cl2NO6/c1-3-24-16(22)15(17(23)25-4-2)20-14(21)6-5-9-26-13-8-7-11(18)10-12(13)19/h7-8,10,15H,3-6,9H2,1-2H3,(H,20,21). The lowest BCUT2D eigenvalue weighted by molar-refractivity contribution is -0.159. The van der Waals surface area contributed by atoms with Crippen LogP contribution in [0.5, 0.6) is 5.75 Å². The van der Waals surface area contributed by atoms with Crippen LogP contribution in [0.2, 0.25) is 10.0 Å². The molecule has 0 aliphatic heterocycles. The molecule has 144 valence electrons. The van der Waals surface area contributed by atoms with E-state index < -0.39 is 23.9 Å². The van der Waals surface area contributed by atoms with Gasteiger partial charge in [0.2, 0.25) is 11.9 Å². The molecular formula is C17H21Cl2NO6. The van der Waals surface area contributed by atoms with Crippen molar-refractivity contribution in [2.45, 2.75) is 32.7 Å². The Bertz CT molecular complexity index is 620. The Labute approximate surface area is 161 Å². The van der Waals surface area contributed by atoms with Gasteiger partial charge in [0.05, 0.1) is 24.8 Å². The molecule has 1 amide bonds. The van der Waals surface area contributed by atoms with Gasteiger partial charge in [-0.15, -0.1) is 0 Å². The van der Waals surface area contributed by atoms with E-state index in [1.54, 1.807) is 32.0 Å². The smallest absolute Gasteiger partial charge is 0.340 e. The first-order valence-electron chi connectivity index (χ1n) is 8.09. The number of rotatable bonds is 10. The zero-order valence-electron chi connectivity index (χ0n) is 14.6. The van der Waals surface area contributed by atoms with E-state index in [1.165, 1.54) is 0 Å². The summed E-state index contributed by atoms with van der Waals surface area (Å²) in [5.41, 5.74) is 0. The minimum atomic E-state index is -1.48. The van der Waals surface area contributed by atoms with Crippen molar-refractivity contribution in [3.63, 3.8) is 0 Å². The Balaban J connectivity index is 2.46. The van der Waals surface area contributed by atoms with Gasteiger partial charge in [0, 0.05) is 11.4 Å². The Kier molecular flexibility index (Phi) is 9.83. The quantitative estimate of drug-likeness (QED) is 0.365. The monoisotopic (exact) mass is 405 g/mol. The van der Waals surface area contributed by atoms with Crippen LogP contribution in [-0.2, 0) is 23.9 Å². The van der Waals surface area contributed by atoms with Crippen molar-refractivity contribution in [1.82, 2.24) is 5.32 Å². The molecule has 0 aliphatic rings. The molecule has 0 bridgehead atoms. The summed E-state index contributed by atoms with van der Waals surface area (Å²) in [5.74, 6) is -1.76. The highest BCUT2D eigenvalue weighted by Gasteiger charge is 2.30.